The van der Waals surface area contributed by atoms with Gasteiger partial charge in [-0.05, 0) is 57.5 Å². The fourth-order valence-electron chi connectivity index (χ4n) is 2.68. The van der Waals surface area contributed by atoms with Gasteiger partial charge in [0.15, 0.2) is 0 Å². The van der Waals surface area contributed by atoms with Crippen molar-refractivity contribution in [1.29, 1.82) is 0 Å². The van der Waals surface area contributed by atoms with E-state index in [1.807, 2.05) is 63.2 Å². The number of carbonyl (C=O) groups excluding carboxylic acids is 2. The van der Waals surface area contributed by atoms with Gasteiger partial charge in [0.1, 0.15) is 6.04 Å². The molecule has 0 heterocycles. The summed E-state index contributed by atoms with van der Waals surface area (Å²) in [5.74, 6) is 0.0193. The molecular weight excluding hydrogens is 392 g/mol. The number of benzene rings is 2. The molecule has 0 aliphatic rings. The molecule has 1 N–H and O–H groups in total. The highest BCUT2D eigenvalue weighted by Crippen LogP contribution is 2.21. The molecule has 0 aliphatic heterocycles. The molecule has 150 valence electrons. The zero-order valence-corrected chi connectivity index (χ0v) is 18.3. The normalized spacial score (nSPS) is 11.9. The van der Waals surface area contributed by atoms with Crippen molar-refractivity contribution in [2.75, 3.05) is 5.75 Å². The first kappa shape index (κ1) is 22.3. The van der Waals surface area contributed by atoms with Gasteiger partial charge in [-0.3, -0.25) is 9.59 Å². The molecule has 4 nitrogen and oxygen atoms in total. The topological polar surface area (TPSA) is 49.4 Å². The van der Waals surface area contributed by atoms with E-state index in [4.69, 9.17) is 11.6 Å². The van der Waals surface area contributed by atoms with E-state index in [1.54, 1.807) is 17.9 Å². The van der Waals surface area contributed by atoms with E-state index in [0.717, 1.165) is 10.5 Å². The third-order valence-electron chi connectivity index (χ3n) is 4.22. The zero-order valence-electron chi connectivity index (χ0n) is 16.7. The Hall–Kier alpha value is -1.98. The van der Waals surface area contributed by atoms with Crippen LogP contribution in [0.3, 0.4) is 0 Å². The first-order chi connectivity index (χ1) is 13.3. The standard InChI is InChI=1S/C22H27ClN2O2S/c1-15(2)24-22(27)17(4)25(13-18-6-5-7-19(23)12-18)21(26)14-28-20-10-8-16(3)9-11-20/h5-12,15,17H,13-14H2,1-4H3,(H,24,27)/t17-/m0/s1. The smallest absolute Gasteiger partial charge is 0.242 e. The lowest BCUT2D eigenvalue weighted by Gasteiger charge is -2.29. The lowest BCUT2D eigenvalue weighted by atomic mass is 10.1. The van der Waals surface area contributed by atoms with Gasteiger partial charge in [0.05, 0.1) is 5.75 Å². The van der Waals surface area contributed by atoms with Crippen molar-refractivity contribution < 1.29 is 9.59 Å². The molecule has 0 unspecified atom stereocenters. The third-order valence-corrected chi connectivity index (χ3v) is 5.46. The number of halogens is 1. The zero-order chi connectivity index (χ0) is 20.7. The van der Waals surface area contributed by atoms with Gasteiger partial charge >= 0.3 is 0 Å². The van der Waals surface area contributed by atoms with E-state index in [9.17, 15) is 9.59 Å². The predicted octanol–water partition coefficient (Wildman–Crippen LogP) is 4.68. The van der Waals surface area contributed by atoms with Crippen LogP contribution in [0.1, 0.15) is 31.9 Å². The van der Waals surface area contributed by atoms with E-state index in [0.29, 0.717) is 11.6 Å². The molecule has 2 aromatic rings. The number of aryl methyl sites for hydroxylation is 1. The second-order valence-corrected chi connectivity index (χ2v) is 8.58. The van der Waals surface area contributed by atoms with Crippen molar-refractivity contribution in [1.82, 2.24) is 10.2 Å². The first-order valence-electron chi connectivity index (χ1n) is 9.30. The number of hydrogen-bond donors (Lipinski definition) is 1. The number of carbonyl (C=O) groups is 2. The average molecular weight is 419 g/mol. The van der Waals surface area contributed by atoms with Crippen LogP contribution >= 0.6 is 23.4 Å². The van der Waals surface area contributed by atoms with Crippen LogP contribution in [-0.2, 0) is 16.1 Å². The summed E-state index contributed by atoms with van der Waals surface area (Å²) in [5.41, 5.74) is 2.07. The number of amides is 2. The Labute approximate surface area is 176 Å². The summed E-state index contributed by atoms with van der Waals surface area (Å²) in [6.07, 6.45) is 0. The van der Waals surface area contributed by atoms with Gasteiger partial charge in [-0.2, -0.15) is 0 Å². The van der Waals surface area contributed by atoms with Crippen molar-refractivity contribution in [3.05, 3.63) is 64.7 Å². The predicted molar refractivity (Wildman–Crippen MR) is 117 cm³/mol. The lowest BCUT2D eigenvalue weighted by Crippen LogP contribution is -2.49. The molecule has 1 atom stereocenters. The summed E-state index contributed by atoms with van der Waals surface area (Å²) < 4.78 is 0. The molecule has 2 amide bonds. The average Bonchev–Trinajstić information content (AvgIpc) is 2.64. The Morgan fingerprint density at radius 2 is 1.79 bits per heavy atom. The summed E-state index contributed by atoms with van der Waals surface area (Å²) in [5, 5.41) is 3.50. The van der Waals surface area contributed by atoms with Crippen LogP contribution in [0.4, 0.5) is 0 Å². The number of nitrogens with one attached hydrogen (secondary N) is 1. The van der Waals surface area contributed by atoms with Crippen molar-refractivity contribution in [3.8, 4) is 0 Å². The van der Waals surface area contributed by atoms with Gasteiger partial charge in [0.2, 0.25) is 11.8 Å². The maximum atomic E-state index is 13.0. The molecule has 0 saturated carbocycles. The maximum absolute atomic E-state index is 13.0. The Bertz CT molecular complexity index is 808. The van der Waals surface area contributed by atoms with E-state index >= 15 is 0 Å². The van der Waals surface area contributed by atoms with Gasteiger partial charge in [-0.1, -0.05) is 41.4 Å². The SMILES string of the molecule is Cc1ccc(SCC(=O)N(Cc2cccc(Cl)c2)[C@@H](C)C(=O)NC(C)C)cc1. The van der Waals surface area contributed by atoms with E-state index in [1.165, 1.54) is 17.3 Å². The molecule has 6 heteroatoms. The summed E-state index contributed by atoms with van der Waals surface area (Å²) in [4.78, 5) is 28.2. The molecule has 0 aromatic heterocycles. The molecule has 2 rings (SSSR count). The monoisotopic (exact) mass is 418 g/mol. The van der Waals surface area contributed by atoms with Gasteiger partial charge in [0, 0.05) is 22.5 Å². The molecule has 0 fully saturated rings. The molecule has 0 spiro atoms. The fourth-order valence-corrected chi connectivity index (χ4v) is 3.68. The van der Waals surface area contributed by atoms with E-state index < -0.39 is 6.04 Å². The van der Waals surface area contributed by atoms with Crippen LogP contribution in [0.2, 0.25) is 5.02 Å². The molecular formula is C22H27ClN2O2S. The Morgan fingerprint density at radius 1 is 1.11 bits per heavy atom. The highest BCUT2D eigenvalue weighted by Gasteiger charge is 2.26. The molecule has 2 aromatic carbocycles. The van der Waals surface area contributed by atoms with Crippen LogP contribution in [0.5, 0.6) is 0 Å². The first-order valence-corrected chi connectivity index (χ1v) is 10.7. The lowest BCUT2D eigenvalue weighted by molar-refractivity contribution is -0.138. The van der Waals surface area contributed by atoms with E-state index in [2.05, 4.69) is 5.32 Å². The van der Waals surface area contributed by atoms with Crippen LogP contribution < -0.4 is 5.32 Å². The molecule has 28 heavy (non-hydrogen) atoms. The molecule has 0 saturated heterocycles. The Kier molecular flexibility index (Phi) is 8.39. The van der Waals surface area contributed by atoms with E-state index in [-0.39, 0.29) is 23.6 Å². The highest BCUT2D eigenvalue weighted by atomic mass is 35.5. The van der Waals surface area contributed by atoms with Crippen molar-refractivity contribution in [2.24, 2.45) is 0 Å². The Morgan fingerprint density at radius 3 is 2.39 bits per heavy atom. The van der Waals surface area contributed by atoms with Crippen LogP contribution in [0, 0.1) is 6.92 Å². The molecule has 0 aliphatic carbocycles. The summed E-state index contributed by atoms with van der Waals surface area (Å²) in [7, 11) is 0. The summed E-state index contributed by atoms with van der Waals surface area (Å²) >= 11 is 7.56. The minimum atomic E-state index is -0.576. The van der Waals surface area contributed by atoms with Crippen molar-refractivity contribution in [3.63, 3.8) is 0 Å². The largest absolute Gasteiger partial charge is 0.352 e. The molecule has 0 radical (unpaired) electrons. The fraction of sp³-hybridized carbons (Fsp3) is 0.364. The van der Waals surface area contributed by atoms with Gasteiger partial charge in [-0.25, -0.2) is 0 Å². The van der Waals surface area contributed by atoms with Crippen molar-refractivity contribution >= 4 is 35.2 Å². The second kappa shape index (κ2) is 10.5. The van der Waals surface area contributed by atoms with Crippen molar-refractivity contribution in [2.45, 2.75) is 51.2 Å². The number of hydrogen-bond acceptors (Lipinski definition) is 3. The Balaban J connectivity index is 2.14. The van der Waals surface area contributed by atoms with Gasteiger partial charge < -0.3 is 10.2 Å². The highest BCUT2D eigenvalue weighted by molar-refractivity contribution is 8.00. The van der Waals surface area contributed by atoms with Crippen LogP contribution in [0.15, 0.2) is 53.4 Å². The minimum Gasteiger partial charge on any atom is -0.352 e. The van der Waals surface area contributed by atoms with Gasteiger partial charge in [-0.15, -0.1) is 11.8 Å². The number of thioether (sulfide) groups is 1. The minimum absolute atomic E-state index is 0.0139. The quantitative estimate of drug-likeness (QED) is 0.633. The van der Waals surface area contributed by atoms with Gasteiger partial charge in [0.25, 0.3) is 0 Å². The summed E-state index contributed by atoms with van der Waals surface area (Å²) in [6.45, 7) is 7.93. The second-order valence-electron chi connectivity index (χ2n) is 7.09. The number of rotatable bonds is 8. The number of nitrogens with zero attached hydrogens (tertiary/aromatic N) is 1. The van der Waals surface area contributed by atoms with Crippen LogP contribution in [-0.4, -0.2) is 34.6 Å². The summed E-state index contributed by atoms with van der Waals surface area (Å²) in [6, 6.07) is 14.9. The maximum Gasteiger partial charge on any atom is 0.242 e. The molecule has 0 bridgehead atoms. The van der Waals surface area contributed by atoms with Crippen LogP contribution in [0.25, 0.3) is 0 Å². The third kappa shape index (κ3) is 6.88.